The molecule has 1 atom stereocenters. The maximum Gasteiger partial charge on any atom is 0.146 e. The highest BCUT2D eigenvalue weighted by atomic mass is 32.1. The van der Waals surface area contributed by atoms with E-state index in [9.17, 15) is 0 Å². The maximum atomic E-state index is 5.41. The highest BCUT2D eigenvalue weighted by molar-refractivity contribution is 7.27. The van der Waals surface area contributed by atoms with Gasteiger partial charge in [-0.2, -0.15) is 0 Å². The van der Waals surface area contributed by atoms with Gasteiger partial charge < -0.3 is 5.32 Å². The Morgan fingerprint density at radius 1 is 0.471 bits per heavy atom. The number of nitrogens with zero attached hydrogens (tertiary/aromatic N) is 2. The second-order valence-corrected chi connectivity index (χ2v) is 14.0. The molecule has 4 heteroatoms. The van der Waals surface area contributed by atoms with Gasteiger partial charge in [-0.05, 0) is 28.8 Å². The molecule has 240 valence electrons. The molecule has 1 N–H and O–H groups in total. The van der Waals surface area contributed by atoms with Gasteiger partial charge in [0.05, 0.1) is 16.9 Å². The molecular formula is C47H31N3S. The first-order valence-electron chi connectivity index (χ1n) is 17.3. The zero-order valence-electron chi connectivity index (χ0n) is 27.6. The molecule has 9 aromatic rings. The van der Waals surface area contributed by atoms with Gasteiger partial charge in [0.15, 0.2) is 0 Å². The van der Waals surface area contributed by atoms with E-state index < -0.39 is 0 Å². The van der Waals surface area contributed by atoms with Crippen molar-refractivity contribution in [1.29, 1.82) is 0 Å². The summed E-state index contributed by atoms with van der Waals surface area (Å²) in [6.07, 6.45) is 1.92. The van der Waals surface area contributed by atoms with E-state index in [4.69, 9.17) is 9.98 Å². The van der Waals surface area contributed by atoms with Crippen LogP contribution in [-0.4, -0.2) is 10.7 Å². The highest BCUT2D eigenvalue weighted by Crippen LogP contribution is 2.46. The number of fused-ring (bicyclic) bond motifs is 7. The zero-order valence-corrected chi connectivity index (χ0v) is 28.4. The van der Waals surface area contributed by atoms with Crippen molar-refractivity contribution in [2.24, 2.45) is 4.99 Å². The number of aliphatic imine (C=N–C) groups is 1. The Kier molecular flexibility index (Phi) is 7.07. The molecule has 7 aromatic carbocycles. The smallest absolute Gasteiger partial charge is 0.146 e. The molecule has 3 heterocycles. The first kappa shape index (κ1) is 29.5. The Morgan fingerprint density at radius 2 is 1.08 bits per heavy atom. The number of thiophene rings is 1. The van der Waals surface area contributed by atoms with E-state index in [0.29, 0.717) is 0 Å². The molecule has 10 rings (SSSR count). The molecule has 0 amide bonds. The lowest BCUT2D eigenvalue weighted by Gasteiger charge is -2.26. The van der Waals surface area contributed by atoms with E-state index in [-0.39, 0.29) is 6.17 Å². The zero-order chi connectivity index (χ0) is 33.7. The van der Waals surface area contributed by atoms with Gasteiger partial charge >= 0.3 is 0 Å². The van der Waals surface area contributed by atoms with Gasteiger partial charge in [0.25, 0.3) is 0 Å². The van der Waals surface area contributed by atoms with Crippen molar-refractivity contribution in [2.75, 3.05) is 0 Å². The Bertz CT molecular complexity index is 2820. The van der Waals surface area contributed by atoms with Crippen molar-refractivity contribution in [1.82, 2.24) is 10.3 Å². The molecule has 0 saturated heterocycles. The number of hydrogen-bond donors (Lipinski definition) is 1. The van der Waals surface area contributed by atoms with E-state index in [1.165, 1.54) is 53.0 Å². The molecule has 3 nitrogen and oxygen atoms in total. The third kappa shape index (κ3) is 5.03. The summed E-state index contributed by atoms with van der Waals surface area (Å²) in [6, 6.07) is 60.1. The molecule has 2 aromatic heterocycles. The van der Waals surface area contributed by atoms with Crippen molar-refractivity contribution < 1.29 is 0 Å². The fraction of sp³-hybridized carbons (Fsp3) is 0.0213. The van der Waals surface area contributed by atoms with Gasteiger partial charge in [0, 0.05) is 58.7 Å². The number of hydrogen-bond acceptors (Lipinski definition) is 4. The fourth-order valence-electron chi connectivity index (χ4n) is 7.53. The van der Waals surface area contributed by atoms with Crippen molar-refractivity contribution >= 4 is 64.6 Å². The van der Waals surface area contributed by atoms with Crippen LogP contribution < -0.4 is 5.32 Å². The van der Waals surface area contributed by atoms with Gasteiger partial charge in [-0.25, -0.2) is 4.98 Å². The lowest BCUT2D eigenvalue weighted by Crippen LogP contribution is -2.25. The minimum atomic E-state index is -0.287. The molecule has 0 radical (unpaired) electrons. The summed E-state index contributed by atoms with van der Waals surface area (Å²) in [5.41, 5.74) is 11.0. The van der Waals surface area contributed by atoms with Crippen LogP contribution in [0.15, 0.2) is 181 Å². The molecule has 0 saturated carbocycles. The third-order valence-corrected chi connectivity index (χ3v) is 11.2. The van der Waals surface area contributed by atoms with E-state index in [1.807, 2.05) is 11.3 Å². The van der Waals surface area contributed by atoms with E-state index in [1.54, 1.807) is 0 Å². The molecule has 0 bridgehead atoms. The molecule has 51 heavy (non-hydrogen) atoms. The molecule has 1 unspecified atom stereocenters. The molecule has 0 fully saturated rings. The predicted molar refractivity (Wildman–Crippen MR) is 216 cm³/mol. The summed E-state index contributed by atoms with van der Waals surface area (Å²) in [4.78, 5) is 10.6. The minimum absolute atomic E-state index is 0.287. The SMILES string of the molecule is C1=C(c2ccccc2-c2ccccc2)NC(c2cccc3c2sc2c3ccc3c(-c4ccccc4)nc4ccccc4c32)N=C1c1ccccc1. The van der Waals surface area contributed by atoms with Crippen LogP contribution in [0.1, 0.15) is 22.9 Å². The average Bonchev–Trinajstić information content (AvgIpc) is 3.60. The van der Waals surface area contributed by atoms with Crippen molar-refractivity contribution in [3.05, 3.63) is 193 Å². The Balaban J connectivity index is 1.19. The largest absolute Gasteiger partial charge is 0.359 e. The first-order chi connectivity index (χ1) is 25.3. The molecule has 0 aliphatic carbocycles. The van der Waals surface area contributed by atoms with Crippen LogP contribution >= 0.6 is 11.3 Å². The van der Waals surface area contributed by atoms with Crippen molar-refractivity contribution in [2.45, 2.75) is 6.17 Å². The van der Waals surface area contributed by atoms with Gasteiger partial charge in [-0.15, -0.1) is 11.3 Å². The second kappa shape index (κ2) is 12.2. The van der Waals surface area contributed by atoms with Crippen LogP contribution in [-0.2, 0) is 0 Å². The van der Waals surface area contributed by atoms with E-state index >= 15 is 0 Å². The van der Waals surface area contributed by atoms with E-state index in [0.717, 1.165) is 39.3 Å². The Morgan fingerprint density at radius 3 is 1.86 bits per heavy atom. The molecule has 0 spiro atoms. The van der Waals surface area contributed by atoms with Crippen LogP contribution in [0.4, 0.5) is 0 Å². The quantitative estimate of drug-likeness (QED) is 0.185. The van der Waals surface area contributed by atoms with Crippen molar-refractivity contribution in [3.63, 3.8) is 0 Å². The number of pyridine rings is 1. The number of allylic oxidation sites excluding steroid dienone is 1. The summed E-state index contributed by atoms with van der Waals surface area (Å²) in [7, 11) is 0. The molecular weight excluding hydrogens is 639 g/mol. The standard InChI is InChI=1S/C47H31N3S/c1-4-15-30(16-5-1)33-21-10-11-22-34(33)42-29-41(31-17-6-2-7-18-31)49-47(50-42)39-25-14-24-35-36-27-28-38-43(46(36)51-45(35)39)37-23-12-13-26-40(37)48-44(38)32-19-8-3-9-20-32/h1-29,47,50H. The first-order valence-corrected chi connectivity index (χ1v) is 18.1. The lowest BCUT2D eigenvalue weighted by atomic mass is 9.94. The van der Waals surface area contributed by atoms with Gasteiger partial charge in [-0.1, -0.05) is 164 Å². The molecule has 1 aliphatic rings. The molecule has 1 aliphatic heterocycles. The number of benzene rings is 7. The van der Waals surface area contributed by atoms with Crippen LogP contribution in [0.25, 0.3) is 69.9 Å². The van der Waals surface area contributed by atoms with Crippen LogP contribution in [0, 0.1) is 0 Å². The number of rotatable bonds is 5. The summed E-state index contributed by atoms with van der Waals surface area (Å²) in [5, 5.41) is 10.0. The topological polar surface area (TPSA) is 37.3 Å². The van der Waals surface area contributed by atoms with Gasteiger partial charge in [0.1, 0.15) is 6.17 Å². The normalized spacial score (nSPS) is 14.5. The van der Waals surface area contributed by atoms with E-state index in [2.05, 4.69) is 181 Å². The van der Waals surface area contributed by atoms with Crippen LogP contribution in [0.5, 0.6) is 0 Å². The summed E-state index contributed by atoms with van der Waals surface area (Å²) in [5.74, 6) is 0. The maximum absolute atomic E-state index is 5.41. The number of aromatic nitrogens is 1. The van der Waals surface area contributed by atoms with Gasteiger partial charge in [-0.3, -0.25) is 4.99 Å². The highest BCUT2D eigenvalue weighted by Gasteiger charge is 2.25. The van der Waals surface area contributed by atoms with Crippen molar-refractivity contribution in [3.8, 4) is 22.4 Å². The van der Waals surface area contributed by atoms with Crippen LogP contribution in [0.3, 0.4) is 0 Å². The third-order valence-electron chi connectivity index (χ3n) is 9.91. The van der Waals surface area contributed by atoms with Gasteiger partial charge in [0.2, 0.25) is 0 Å². The lowest BCUT2D eigenvalue weighted by molar-refractivity contribution is 0.670. The average molecular weight is 670 g/mol. The summed E-state index contributed by atoms with van der Waals surface area (Å²) >= 11 is 1.87. The summed E-state index contributed by atoms with van der Waals surface area (Å²) in [6.45, 7) is 0. The minimum Gasteiger partial charge on any atom is -0.359 e. The fourth-order valence-corrected chi connectivity index (χ4v) is 8.93. The monoisotopic (exact) mass is 669 g/mol. The Labute approximate surface area is 299 Å². The van der Waals surface area contributed by atoms with Crippen LogP contribution in [0.2, 0.25) is 0 Å². The summed E-state index contributed by atoms with van der Waals surface area (Å²) < 4.78 is 2.52. The number of nitrogens with one attached hydrogen (secondary N) is 1. The number of para-hydroxylation sites is 1. The second-order valence-electron chi connectivity index (χ2n) is 12.9. The predicted octanol–water partition coefficient (Wildman–Crippen LogP) is 12.2. The Hall–Kier alpha value is -6.36.